The minimum Gasteiger partial charge on any atom is -0.310 e. The van der Waals surface area contributed by atoms with E-state index in [-0.39, 0.29) is 5.91 Å². The molecule has 4 rings (SSSR count). The van der Waals surface area contributed by atoms with Gasteiger partial charge in [0.05, 0.1) is 12.7 Å². The van der Waals surface area contributed by atoms with E-state index in [2.05, 4.69) is 45.3 Å². The fourth-order valence-electron chi connectivity index (χ4n) is 3.46. The predicted molar refractivity (Wildman–Crippen MR) is 98.2 cm³/mol. The van der Waals surface area contributed by atoms with E-state index in [4.69, 9.17) is 0 Å². The SMILES string of the molecule is CC1(C)CN(CC(=O)Nc2cc3cc(-c4cn[nH]c4)ccc3cn2)C1. The quantitative estimate of drug-likeness (QED) is 0.769. The maximum Gasteiger partial charge on any atom is 0.239 e. The molecular formula is C19H21N5O. The molecule has 3 heterocycles. The summed E-state index contributed by atoms with van der Waals surface area (Å²) in [5.74, 6) is 0.565. The standard InChI is InChI=1S/C19H21N5O/c1-19(2)11-24(12-19)10-18(25)23-17-6-15-5-13(16-8-21-22-9-16)3-4-14(15)7-20-17/h3-9H,10-12H2,1-2H3,(H,21,22)(H,20,23,25). The van der Waals surface area contributed by atoms with Crippen molar-refractivity contribution in [1.82, 2.24) is 20.1 Å². The van der Waals surface area contributed by atoms with Crippen LogP contribution in [-0.4, -0.2) is 45.6 Å². The molecular weight excluding hydrogens is 314 g/mol. The molecule has 0 saturated carbocycles. The van der Waals surface area contributed by atoms with E-state index < -0.39 is 0 Å². The Morgan fingerprint density at radius 3 is 2.76 bits per heavy atom. The average Bonchev–Trinajstić information content (AvgIpc) is 3.06. The molecule has 0 aliphatic carbocycles. The average molecular weight is 335 g/mol. The maximum absolute atomic E-state index is 12.2. The van der Waals surface area contributed by atoms with Crippen LogP contribution >= 0.6 is 0 Å². The van der Waals surface area contributed by atoms with E-state index in [1.165, 1.54) is 0 Å². The third-order valence-corrected chi connectivity index (χ3v) is 4.49. The summed E-state index contributed by atoms with van der Waals surface area (Å²) in [5.41, 5.74) is 2.43. The number of hydrogen-bond acceptors (Lipinski definition) is 4. The molecule has 3 aromatic rings. The van der Waals surface area contributed by atoms with Crippen LogP contribution in [0.25, 0.3) is 21.9 Å². The van der Waals surface area contributed by atoms with Gasteiger partial charge in [0.15, 0.2) is 0 Å². The van der Waals surface area contributed by atoms with E-state index >= 15 is 0 Å². The Labute approximate surface area is 146 Å². The lowest BCUT2D eigenvalue weighted by Gasteiger charge is -2.45. The first kappa shape index (κ1) is 15.8. The summed E-state index contributed by atoms with van der Waals surface area (Å²) < 4.78 is 0. The Morgan fingerprint density at radius 2 is 2.04 bits per heavy atom. The van der Waals surface area contributed by atoms with Gasteiger partial charge in [0.25, 0.3) is 0 Å². The highest BCUT2D eigenvalue weighted by Crippen LogP contribution is 2.28. The molecule has 2 N–H and O–H groups in total. The number of rotatable bonds is 4. The highest BCUT2D eigenvalue weighted by molar-refractivity contribution is 5.94. The van der Waals surface area contributed by atoms with Crippen LogP contribution in [0.15, 0.2) is 42.9 Å². The molecule has 1 saturated heterocycles. The molecule has 128 valence electrons. The number of carbonyl (C=O) groups excluding carboxylic acids is 1. The van der Waals surface area contributed by atoms with Gasteiger partial charge in [0, 0.05) is 36.4 Å². The third-order valence-electron chi connectivity index (χ3n) is 4.49. The molecule has 6 heteroatoms. The number of benzene rings is 1. The van der Waals surface area contributed by atoms with Gasteiger partial charge < -0.3 is 5.32 Å². The molecule has 6 nitrogen and oxygen atoms in total. The van der Waals surface area contributed by atoms with Crippen LogP contribution in [0.5, 0.6) is 0 Å². The number of hydrogen-bond donors (Lipinski definition) is 2. The van der Waals surface area contributed by atoms with Crippen LogP contribution in [-0.2, 0) is 4.79 Å². The normalized spacial score (nSPS) is 16.6. The first-order chi connectivity index (χ1) is 12.0. The fourth-order valence-corrected chi connectivity index (χ4v) is 3.46. The van der Waals surface area contributed by atoms with Crippen LogP contribution < -0.4 is 5.32 Å². The van der Waals surface area contributed by atoms with Crippen molar-refractivity contribution in [1.29, 1.82) is 0 Å². The topological polar surface area (TPSA) is 73.9 Å². The van der Waals surface area contributed by atoms with Crippen molar-refractivity contribution in [3.63, 3.8) is 0 Å². The van der Waals surface area contributed by atoms with Crippen molar-refractivity contribution in [2.75, 3.05) is 25.0 Å². The minimum absolute atomic E-state index is 0.0201. The number of nitrogens with zero attached hydrogens (tertiary/aromatic N) is 3. The second-order valence-corrected chi connectivity index (χ2v) is 7.48. The number of fused-ring (bicyclic) bond motifs is 1. The molecule has 1 aliphatic rings. The molecule has 0 atom stereocenters. The van der Waals surface area contributed by atoms with Gasteiger partial charge in [0.2, 0.25) is 5.91 Å². The van der Waals surface area contributed by atoms with Crippen molar-refractivity contribution in [3.05, 3.63) is 42.9 Å². The van der Waals surface area contributed by atoms with Crippen molar-refractivity contribution in [2.45, 2.75) is 13.8 Å². The van der Waals surface area contributed by atoms with E-state index in [1.807, 2.05) is 24.4 Å². The monoisotopic (exact) mass is 335 g/mol. The Hall–Kier alpha value is -2.73. The summed E-state index contributed by atoms with van der Waals surface area (Å²) in [6.07, 6.45) is 5.44. The number of aromatic nitrogens is 3. The first-order valence-electron chi connectivity index (χ1n) is 8.40. The lowest BCUT2D eigenvalue weighted by atomic mass is 9.84. The van der Waals surface area contributed by atoms with Gasteiger partial charge in [-0.25, -0.2) is 4.98 Å². The van der Waals surface area contributed by atoms with Crippen LogP contribution in [0.4, 0.5) is 5.82 Å². The summed E-state index contributed by atoms with van der Waals surface area (Å²) in [5, 5.41) is 11.8. The zero-order chi connectivity index (χ0) is 17.4. The third kappa shape index (κ3) is 3.39. The molecule has 0 radical (unpaired) electrons. The number of aromatic amines is 1. The molecule has 0 spiro atoms. The van der Waals surface area contributed by atoms with Crippen LogP contribution in [0.1, 0.15) is 13.8 Å². The predicted octanol–water partition coefficient (Wildman–Crippen LogP) is 2.91. The zero-order valence-corrected chi connectivity index (χ0v) is 14.4. The summed E-state index contributed by atoms with van der Waals surface area (Å²) >= 11 is 0. The highest BCUT2D eigenvalue weighted by Gasteiger charge is 2.34. The fraction of sp³-hybridized carbons (Fsp3) is 0.316. The van der Waals surface area contributed by atoms with Crippen molar-refractivity contribution in [2.24, 2.45) is 5.41 Å². The lowest BCUT2D eigenvalue weighted by Crippen LogP contribution is -2.54. The largest absolute Gasteiger partial charge is 0.310 e. The molecule has 0 unspecified atom stereocenters. The molecule has 1 fully saturated rings. The summed E-state index contributed by atoms with van der Waals surface area (Å²) in [7, 11) is 0. The highest BCUT2D eigenvalue weighted by atomic mass is 16.2. The maximum atomic E-state index is 12.2. The van der Waals surface area contributed by atoms with E-state index in [0.29, 0.717) is 17.8 Å². The van der Waals surface area contributed by atoms with Gasteiger partial charge >= 0.3 is 0 Å². The van der Waals surface area contributed by atoms with Gasteiger partial charge in [-0.2, -0.15) is 5.10 Å². The van der Waals surface area contributed by atoms with Gasteiger partial charge in [-0.3, -0.25) is 14.8 Å². The number of pyridine rings is 1. The van der Waals surface area contributed by atoms with E-state index in [1.54, 1.807) is 12.4 Å². The Bertz CT molecular complexity index is 909. The Balaban J connectivity index is 1.49. The van der Waals surface area contributed by atoms with Crippen LogP contribution in [0.2, 0.25) is 0 Å². The number of amides is 1. The number of nitrogens with one attached hydrogen (secondary N) is 2. The molecule has 1 aliphatic heterocycles. The molecule has 1 aromatic carbocycles. The molecule has 1 amide bonds. The van der Waals surface area contributed by atoms with Crippen LogP contribution in [0.3, 0.4) is 0 Å². The second kappa shape index (κ2) is 5.97. The van der Waals surface area contributed by atoms with Gasteiger partial charge in [-0.15, -0.1) is 0 Å². The van der Waals surface area contributed by atoms with Crippen molar-refractivity contribution >= 4 is 22.5 Å². The van der Waals surface area contributed by atoms with Gasteiger partial charge in [-0.05, 0) is 28.5 Å². The zero-order valence-electron chi connectivity index (χ0n) is 14.4. The van der Waals surface area contributed by atoms with E-state index in [9.17, 15) is 4.79 Å². The number of likely N-dealkylation sites (tertiary alicyclic amines) is 1. The van der Waals surface area contributed by atoms with Gasteiger partial charge in [0.1, 0.15) is 5.82 Å². The Kier molecular flexibility index (Phi) is 3.77. The van der Waals surface area contributed by atoms with Crippen LogP contribution in [0, 0.1) is 5.41 Å². The number of carbonyl (C=O) groups is 1. The smallest absolute Gasteiger partial charge is 0.239 e. The number of anilines is 1. The summed E-state index contributed by atoms with van der Waals surface area (Å²) in [6, 6.07) is 8.06. The number of H-pyrrole nitrogens is 1. The van der Waals surface area contributed by atoms with Gasteiger partial charge in [-0.1, -0.05) is 26.0 Å². The Morgan fingerprint density at radius 1 is 1.20 bits per heavy atom. The molecule has 2 aromatic heterocycles. The lowest BCUT2D eigenvalue weighted by molar-refractivity contribution is -0.120. The van der Waals surface area contributed by atoms with Crippen molar-refractivity contribution in [3.8, 4) is 11.1 Å². The molecule has 25 heavy (non-hydrogen) atoms. The minimum atomic E-state index is -0.0201. The summed E-state index contributed by atoms with van der Waals surface area (Å²) in [6.45, 7) is 6.76. The molecule has 0 bridgehead atoms. The van der Waals surface area contributed by atoms with Crippen molar-refractivity contribution < 1.29 is 4.79 Å². The van der Waals surface area contributed by atoms with E-state index in [0.717, 1.165) is 35.0 Å². The first-order valence-corrected chi connectivity index (χ1v) is 8.40. The second-order valence-electron chi connectivity index (χ2n) is 7.48. The summed E-state index contributed by atoms with van der Waals surface area (Å²) in [4.78, 5) is 18.7.